The summed E-state index contributed by atoms with van der Waals surface area (Å²) in [6.07, 6.45) is 1.26. The molecule has 4 nitrogen and oxygen atoms in total. The van der Waals surface area contributed by atoms with Crippen molar-refractivity contribution < 1.29 is 14.7 Å². The maximum atomic E-state index is 11.4. The number of carbonyl (C=O) groups excluding carboxylic acids is 1. The van der Waals surface area contributed by atoms with Gasteiger partial charge in [0, 0.05) is 28.9 Å². The van der Waals surface area contributed by atoms with E-state index in [1.165, 1.54) is 0 Å². The molecule has 0 aromatic heterocycles. The zero-order chi connectivity index (χ0) is 18.4. The number of carboxylic acid groups (broad SMARTS) is 1. The summed E-state index contributed by atoms with van der Waals surface area (Å²) in [6.45, 7) is 0. The highest BCUT2D eigenvalue weighted by molar-refractivity contribution is 5.90. The van der Waals surface area contributed by atoms with Gasteiger partial charge in [-0.15, -0.1) is 0 Å². The number of para-hydroxylation sites is 2. The third-order valence-corrected chi connectivity index (χ3v) is 4.19. The van der Waals surface area contributed by atoms with Gasteiger partial charge in [0.2, 0.25) is 0 Å². The van der Waals surface area contributed by atoms with Gasteiger partial charge >= 0.3 is 5.97 Å². The van der Waals surface area contributed by atoms with E-state index >= 15 is 0 Å². The van der Waals surface area contributed by atoms with E-state index in [0.717, 1.165) is 28.7 Å². The molecule has 0 heterocycles. The van der Waals surface area contributed by atoms with Crippen LogP contribution in [0.4, 0.5) is 11.4 Å². The third kappa shape index (κ3) is 3.98. The molecular formula is C22H19NO3. The molecule has 0 amide bonds. The van der Waals surface area contributed by atoms with Gasteiger partial charge in [-0.25, -0.2) is 0 Å². The van der Waals surface area contributed by atoms with Gasteiger partial charge < -0.3 is 10.4 Å². The Hall–Kier alpha value is -3.40. The van der Waals surface area contributed by atoms with Gasteiger partial charge in [-0.3, -0.25) is 9.59 Å². The predicted octanol–water partition coefficient (Wildman–Crippen LogP) is 4.93. The first-order valence-corrected chi connectivity index (χ1v) is 8.39. The molecule has 0 aliphatic heterocycles. The van der Waals surface area contributed by atoms with Crippen molar-refractivity contribution in [2.45, 2.75) is 12.8 Å². The molecule has 0 aliphatic rings. The summed E-state index contributed by atoms with van der Waals surface area (Å²) in [5, 5.41) is 12.4. The standard InChI is InChI=1S/C22H19NO3/c24-15-18-9-4-5-12-20(18)23-22-17(13-14-21(25)26)10-6-11-19(22)16-7-2-1-3-8-16/h1-12,15,23H,13-14H2,(H,25,26). The van der Waals surface area contributed by atoms with Crippen LogP contribution in [0.1, 0.15) is 22.3 Å². The van der Waals surface area contributed by atoms with Crippen molar-refractivity contribution in [2.75, 3.05) is 5.32 Å². The summed E-state index contributed by atoms with van der Waals surface area (Å²) in [5.41, 5.74) is 4.97. The third-order valence-electron chi connectivity index (χ3n) is 4.19. The zero-order valence-electron chi connectivity index (χ0n) is 14.2. The highest BCUT2D eigenvalue weighted by Gasteiger charge is 2.13. The lowest BCUT2D eigenvalue weighted by Gasteiger charge is -2.18. The highest BCUT2D eigenvalue weighted by Crippen LogP contribution is 2.34. The first-order chi connectivity index (χ1) is 12.7. The van der Waals surface area contributed by atoms with E-state index in [9.17, 15) is 9.59 Å². The summed E-state index contributed by atoms with van der Waals surface area (Å²) in [4.78, 5) is 22.4. The van der Waals surface area contributed by atoms with Crippen LogP contribution in [0.5, 0.6) is 0 Å². The number of nitrogens with one attached hydrogen (secondary N) is 1. The lowest BCUT2D eigenvalue weighted by Crippen LogP contribution is -2.04. The van der Waals surface area contributed by atoms with Gasteiger partial charge in [-0.1, -0.05) is 60.7 Å². The summed E-state index contributed by atoms with van der Waals surface area (Å²) >= 11 is 0. The minimum Gasteiger partial charge on any atom is -0.481 e. The molecule has 0 aliphatic carbocycles. The molecule has 26 heavy (non-hydrogen) atoms. The fourth-order valence-corrected chi connectivity index (χ4v) is 2.90. The number of rotatable bonds is 7. The van der Waals surface area contributed by atoms with Crippen LogP contribution in [0, 0.1) is 0 Å². The number of anilines is 2. The first kappa shape index (κ1) is 17.4. The number of aliphatic carboxylic acids is 1. The number of hydrogen-bond acceptors (Lipinski definition) is 3. The Morgan fingerprint density at radius 1 is 0.923 bits per heavy atom. The SMILES string of the molecule is O=Cc1ccccc1Nc1c(CCC(=O)O)cccc1-c1ccccc1. The fourth-order valence-electron chi connectivity index (χ4n) is 2.90. The van der Waals surface area contributed by atoms with Crippen molar-refractivity contribution in [3.63, 3.8) is 0 Å². The van der Waals surface area contributed by atoms with Crippen LogP contribution in [-0.2, 0) is 11.2 Å². The number of aldehydes is 1. The van der Waals surface area contributed by atoms with Gasteiger partial charge in [-0.2, -0.15) is 0 Å². The van der Waals surface area contributed by atoms with Gasteiger partial charge in [0.1, 0.15) is 0 Å². The van der Waals surface area contributed by atoms with Crippen molar-refractivity contribution in [2.24, 2.45) is 0 Å². The molecule has 0 saturated heterocycles. The van der Waals surface area contributed by atoms with E-state index in [1.807, 2.05) is 66.7 Å². The van der Waals surface area contributed by atoms with Crippen LogP contribution >= 0.6 is 0 Å². The Morgan fingerprint density at radius 3 is 2.38 bits per heavy atom. The number of aryl methyl sites for hydroxylation is 1. The lowest BCUT2D eigenvalue weighted by molar-refractivity contribution is -0.136. The van der Waals surface area contributed by atoms with Crippen LogP contribution in [0.3, 0.4) is 0 Å². The largest absolute Gasteiger partial charge is 0.481 e. The summed E-state index contributed by atoms with van der Waals surface area (Å²) in [7, 11) is 0. The Kier molecular flexibility index (Phi) is 5.44. The Labute approximate surface area is 152 Å². The molecule has 0 spiro atoms. The molecule has 0 atom stereocenters. The summed E-state index contributed by atoms with van der Waals surface area (Å²) < 4.78 is 0. The van der Waals surface area contributed by atoms with Crippen molar-refractivity contribution in [3.8, 4) is 11.1 Å². The van der Waals surface area contributed by atoms with Crippen molar-refractivity contribution in [1.29, 1.82) is 0 Å². The van der Waals surface area contributed by atoms with Crippen molar-refractivity contribution in [3.05, 3.63) is 83.9 Å². The average molecular weight is 345 g/mol. The molecule has 0 radical (unpaired) electrons. The van der Waals surface area contributed by atoms with Crippen LogP contribution in [-0.4, -0.2) is 17.4 Å². The summed E-state index contributed by atoms with van der Waals surface area (Å²) in [6, 6.07) is 23.0. The van der Waals surface area contributed by atoms with Crippen molar-refractivity contribution >= 4 is 23.6 Å². The van der Waals surface area contributed by atoms with Crippen LogP contribution in [0.15, 0.2) is 72.8 Å². The van der Waals surface area contributed by atoms with Crippen molar-refractivity contribution in [1.82, 2.24) is 0 Å². The molecule has 4 heteroatoms. The van der Waals surface area contributed by atoms with Gasteiger partial charge in [0.25, 0.3) is 0 Å². The maximum Gasteiger partial charge on any atom is 0.303 e. The van der Waals surface area contributed by atoms with Crippen LogP contribution in [0.25, 0.3) is 11.1 Å². The molecule has 0 saturated carbocycles. The molecule has 130 valence electrons. The van der Waals surface area contributed by atoms with E-state index in [0.29, 0.717) is 17.7 Å². The highest BCUT2D eigenvalue weighted by atomic mass is 16.4. The van der Waals surface area contributed by atoms with E-state index < -0.39 is 5.97 Å². The number of carboxylic acids is 1. The quantitative estimate of drug-likeness (QED) is 0.596. The van der Waals surface area contributed by atoms with E-state index in [4.69, 9.17) is 5.11 Å². The first-order valence-electron chi connectivity index (χ1n) is 8.39. The fraction of sp³-hybridized carbons (Fsp3) is 0.0909. The van der Waals surface area contributed by atoms with E-state index in [1.54, 1.807) is 6.07 Å². The normalized spacial score (nSPS) is 10.3. The molecule has 3 aromatic carbocycles. The maximum absolute atomic E-state index is 11.4. The minimum absolute atomic E-state index is 0.0439. The average Bonchev–Trinajstić information content (AvgIpc) is 2.68. The molecule has 2 N–H and O–H groups in total. The van der Waals surface area contributed by atoms with E-state index in [2.05, 4.69) is 5.32 Å². The van der Waals surface area contributed by atoms with Gasteiger partial charge in [-0.05, 0) is 29.7 Å². The Morgan fingerprint density at radius 2 is 1.65 bits per heavy atom. The predicted molar refractivity (Wildman–Crippen MR) is 103 cm³/mol. The molecule has 0 unspecified atom stereocenters. The molecule has 0 fully saturated rings. The monoisotopic (exact) mass is 345 g/mol. The number of carbonyl (C=O) groups is 2. The van der Waals surface area contributed by atoms with Crippen LogP contribution in [0.2, 0.25) is 0 Å². The second kappa shape index (κ2) is 8.12. The van der Waals surface area contributed by atoms with Gasteiger partial charge in [0.15, 0.2) is 6.29 Å². The van der Waals surface area contributed by atoms with Crippen LogP contribution < -0.4 is 5.32 Å². The summed E-state index contributed by atoms with van der Waals surface area (Å²) in [5.74, 6) is -0.839. The number of benzene rings is 3. The van der Waals surface area contributed by atoms with Gasteiger partial charge in [0.05, 0.1) is 0 Å². The minimum atomic E-state index is -0.839. The Balaban J connectivity index is 2.09. The van der Waals surface area contributed by atoms with E-state index in [-0.39, 0.29) is 6.42 Å². The lowest BCUT2D eigenvalue weighted by atomic mass is 9.97. The zero-order valence-corrected chi connectivity index (χ0v) is 14.2. The Bertz CT molecular complexity index is 920. The molecule has 3 rings (SSSR count). The molecule has 3 aromatic rings. The molecule has 0 bridgehead atoms. The smallest absolute Gasteiger partial charge is 0.303 e. The topological polar surface area (TPSA) is 66.4 Å². The second-order valence-corrected chi connectivity index (χ2v) is 5.93. The second-order valence-electron chi connectivity index (χ2n) is 5.93. The molecular weight excluding hydrogens is 326 g/mol. The number of hydrogen-bond donors (Lipinski definition) is 2.